The zero-order chi connectivity index (χ0) is 37.5. The second kappa shape index (κ2) is 12.5. The average molecular weight is 723 g/mol. The summed E-state index contributed by atoms with van der Waals surface area (Å²) < 4.78 is 2.46. The molecule has 2 aromatic heterocycles. The number of aromatic nitrogens is 2. The van der Waals surface area contributed by atoms with Crippen LogP contribution in [0.2, 0.25) is 0 Å². The summed E-state index contributed by atoms with van der Waals surface area (Å²) in [4.78, 5) is 5.62. The predicted molar refractivity (Wildman–Crippen MR) is 242 cm³/mol. The molecule has 12 rings (SSSR count). The first-order valence-corrected chi connectivity index (χ1v) is 19.6. The lowest BCUT2D eigenvalue weighted by atomic mass is 9.88. The van der Waals surface area contributed by atoms with E-state index in [-0.39, 0.29) is 0 Å². The molecule has 0 atom stereocenters. The second-order valence-electron chi connectivity index (χ2n) is 15.0. The van der Waals surface area contributed by atoms with E-state index in [1.807, 2.05) is 0 Å². The number of benzene rings is 10. The molecule has 57 heavy (non-hydrogen) atoms. The summed E-state index contributed by atoms with van der Waals surface area (Å²) in [6.07, 6.45) is 0. The molecule has 264 valence electrons. The van der Waals surface area contributed by atoms with Gasteiger partial charge in [-0.25, -0.2) is 4.98 Å². The van der Waals surface area contributed by atoms with E-state index in [0.29, 0.717) is 0 Å². The lowest BCUT2D eigenvalue weighted by molar-refractivity contribution is 1.19. The molecule has 0 unspecified atom stereocenters. The van der Waals surface area contributed by atoms with Crippen molar-refractivity contribution in [3.8, 4) is 39.3 Å². The summed E-state index contributed by atoms with van der Waals surface area (Å²) in [6, 6.07) is 75.1. The maximum atomic E-state index is 5.62. The summed E-state index contributed by atoms with van der Waals surface area (Å²) in [5.74, 6) is 0. The van der Waals surface area contributed by atoms with E-state index >= 15 is 0 Å². The van der Waals surface area contributed by atoms with Gasteiger partial charge in [-0.1, -0.05) is 170 Å². The molecular formula is C55H34N2. The number of nitrogens with zero attached hydrogens (tertiary/aromatic N) is 2. The zero-order valence-corrected chi connectivity index (χ0v) is 31.0. The van der Waals surface area contributed by atoms with E-state index in [1.165, 1.54) is 81.2 Å². The summed E-state index contributed by atoms with van der Waals surface area (Å²) >= 11 is 0. The van der Waals surface area contributed by atoms with Crippen molar-refractivity contribution >= 4 is 75.7 Å². The summed E-state index contributed by atoms with van der Waals surface area (Å²) in [6.45, 7) is 0. The monoisotopic (exact) mass is 722 g/mol. The van der Waals surface area contributed by atoms with E-state index in [9.17, 15) is 0 Å². The van der Waals surface area contributed by atoms with Crippen molar-refractivity contribution in [1.29, 1.82) is 0 Å². The topological polar surface area (TPSA) is 17.8 Å². The minimum Gasteiger partial charge on any atom is -0.309 e. The first-order chi connectivity index (χ1) is 28.3. The standard InChI is InChI=1S/C55H34N2/c1-2-20-38(21-3-1)57-52-31-13-12-28-47(52)54-53-45-26-10-8-24-42(45)48(34-49(53)43-25-9-11-27-46(43)55(54)57)51-33-37(41-29-14-18-35-16-4-6-22-39(35)41)32-50(56-51)44-30-15-19-36-17-5-7-23-40(36)44/h1-34H. The number of hydrogen-bond donors (Lipinski definition) is 0. The molecule has 0 radical (unpaired) electrons. The highest BCUT2D eigenvalue weighted by Crippen LogP contribution is 2.47. The molecule has 10 aromatic carbocycles. The van der Waals surface area contributed by atoms with Crippen molar-refractivity contribution in [3.63, 3.8) is 0 Å². The highest BCUT2D eigenvalue weighted by atomic mass is 15.0. The average Bonchev–Trinajstić information content (AvgIpc) is 3.64. The van der Waals surface area contributed by atoms with E-state index in [2.05, 4.69) is 211 Å². The van der Waals surface area contributed by atoms with Crippen LogP contribution in [0, 0.1) is 0 Å². The van der Waals surface area contributed by atoms with Crippen molar-refractivity contribution in [2.45, 2.75) is 0 Å². The maximum absolute atomic E-state index is 5.62. The smallest absolute Gasteiger partial charge is 0.0722 e. The lowest BCUT2D eigenvalue weighted by Gasteiger charge is -2.17. The summed E-state index contributed by atoms with van der Waals surface area (Å²) in [5, 5.41) is 14.7. The first-order valence-electron chi connectivity index (χ1n) is 19.6. The van der Waals surface area contributed by atoms with Gasteiger partial charge in [0.2, 0.25) is 0 Å². The van der Waals surface area contributed by atoms with Crippen LogP contribution < -0.4 is 0 Å². The fourth-order valence-electron chi connectivity index (χ4n) is 9.47. The number of hydrogen-bond acceptors (Lipinski definition) is 1. The first kappa shape index (κ1) is 31.8. The fraction of sp³-hybridized carbons (Fsp3) is 0. The largest absolute Gasteiger partial charge is 0.309 e. The van der Waals surface area contributed by atoms with E-state index in [0.717, 1.165) is 33.8 Å². The molecule has 0 saturated carbocycles. The molecule has 0 aliphatic heterocycles. The van der Waals surface area contributed by atoms with Crippen LogP contribution in [-0.2, 0) is 0 Å². The quantitative estimate of drug-likeness (QED) is 0.165. The van der Waals surface area contributed by atoms with Crippen LogP contribution in [0.1, 0.15) is 0 Å². The Morgan fingerprint density at radius 3 is 1.58 bits per heavy atom. The van der Waals surface area contributed by atoms with Gasteiger partial charge < -0.3 is 4.57 Å². The van der Waals surface area contributed by atoms with Crippen LogP contribution in [-0.4, -0.2) is 9.55 Å². The lowest BCUT2D eigenvalue weighted by Crippen LogP contribution is -1.96. The summed E-state index contributed by atoms with van der Waals surface area (Å²) in [7, 11) is 0. The molecule has 0 amide bonds. The molecule has 0 aliphatic rings. The van der Waals surface area contributed by atoms with Crippen molar-refractivity contribution in [2.24, 2.45) is 0 Å². The van der Waals surface area contributed by atoms with Crippen LogP contribution >= 0.6 is 0 Å². The molecule has 0 fully saturated rings. The van der Waals surface area contributed by atoms with Gasteiger partial charge in [0.25, 0.3) is 0 Å². The van der Waals surface area contributed by atoms with Crippen LogP contribution in [0.25, 0.3) is 115 Å². The molecule has 0 bridgehead atoms. The van der Waals surface area contributed by atoms with E-state index in [1.54, 1.807) is 0 Å². The van der Waals surface area contributed by atoms with Crippen molar-refractivity contribution in [3.05, 3.63) is 206 Å². The highest BCUT2D eigenvalue weighted by molar-refractivity contribution is 6.38. The normalized spacial score (nSPS) is 11.9. The van der Waals surface area contributed by atoms with Gasteiger partial charge in [0.05, 0.1) is 22.4 Å². The Morgan fingerprint density at radius 2 is 0.842 bits per heavy atom. The van der Waals surface area contributed by atoms with Crippen molar-refractivity contribution in [2.75, 3.05) is 0 Å². The SMILES string of the molecule is c1ccc(-n2c3ccccc3c3c4c5ccccc5c(-c5cc(-c6cccc7ccccc67)cc(-c6cccc7ccccc67)n5)cc4c4ccccc4c32)cc1. The van der Waals surface area contributed by atoms with Crippen LogP contribution in [0.5, 0.6) is 0 Å². The molecule has 2 nitrogen and oxygen atoms in total. The number of pyridine rings is 1. The second-order valence-corrected chi connectivity index (χ2v) is 15.0. The van der Waals surface area contributed by atoms with Gasteiger partial charge in [0.15, 0.2) is 0 Å². The number of fused-ring (bicyclic) bond motifs is 12. The minimum absolute atomic E-state index is 0.956. The van der Waals surface area contributed by atoms with Crippen LogP contribution in [0.4, 0.5) is 0 Å². The Balaban J connectivity index is 1.24. The number of rotatable bonds is 4. The Morgan fingerprint density at radius 1 is 0.316 bits per heavy atom. The third-order valence-corrected chi connectivity index (χ3v) is 11.9. The van der Waals surface area contributed by atoms with Gasteiger partial charge in [-0.15, -0.1) is 0 Å². The molecular weight excluding hydrogens is 689 g/mol. The summed E-state index contributed by atoms with van der Waals surface area (Å²) in [5.41, 5.74) is 10.1. The Kier molecular flexibility index (Phi) is 6.96. The van der Waals surface area contributed by atoms with Gasteiger partial charge in [-0.3, -0.25) is 0 Å². The van der Waals surface area contributed by atoms with Crippen molar-refractivity contribution in [1.82, 2.24) is 9.55 Å². The van der Waals surface area contributed by atoms with Crippen molar-refractivity contribution < 1.29 is 0 Å². The Bertz CT molecular complexity index is 3470. The van der Waals surface area contributed by atoms with E-state index < -0.39 is 0 Å². The fourth-order valence-corrected chi connectivity index (χ4v) is 9.47. The molecule has 0 N–H and O–H groups in total. The Hall–Kier alpha value is -7.55. The molecule has 12 aromatic rings. The maximum Gasteiger partial charge on any atom is 0.0722 e. The number of para-hydroxylation sites is 2. The minimum atomic E-state index is 0.956. The highest BCUT2D eigenvalue weighted by Gasteiger charge is 2.22. The zero-order valence-electron chi connectivity index (χ0n) is 31.0. The van der Waals surface area contributed by atoms with Gasteiger partial charge in [-0.05, 0) is 90.6 Å². The van der Waals surface area contributed by atoms with Crippen LogP contribution in [0.3, 0.4) is 0 Å². The molecule has 2 heterocycles. The van der Waals surface area contributed by atoms with E-state index in [4.69, 9.17) is 4.98 Å². The Labute approximate surface area is 329 Å². The predicted octanol–water partition coefficient (Wildman–Crippen LogP) is 14.9. The molecule has 2 heteroatoms. The molecule has 0 saturated heterocycles. The van der Waals surface area contributed by atoms with Gasteiger partial charge >= 0.3 is 0 Å². The van der Waals surface area contributed by atoms with Gasteiger partial charge in [0, 0.05) is 38.4 Å². The molecule has 0 aliphatic carbocycles. The van der Waals surface area contributed by atoms with Crippen LogP contribution in [0.15, 0.2) is 206 Å². The van der Waals surface area contributed by atoms with Gasteiger partial charge in [-0.2, -0.15) is 0 Å². The molecule has 0 spiro atoms. The van der Waals surface area contributed by atoms with Gasteiger partial charge in [0.1, 0.15) is 0 Å². The third-order valence-electron chi connectivity index (χ3n) is 11.9. The third kappa shape index (κ3) is 4.81.